The van der Waals surface area contributed by atoms with E-state index in [0.29, 0.717) is 0 Å². The van der Waals surface area contributed by atoms with Crippen LogP contribution in [0, 0.1) is 5.92 Å². The minimum Gasteiger partial charge on any atom is -0.480 e. The zero-order valence-electron chi connectivity index (χ0n) is 16.9. The third kappa shape index (κ3) is 4.25. The van der Waals surface area contributed by atoms with E-state index in [0.717, 1.165) is 4.90 Å². The first-order valence-electron chi connectivity index (χ1n) is 9.72. The molecule has 31 heavy (non-hydrogen) atoms. The second-order valence-corrected chi connectivity index (χ2v) is 7.66. The van der Waals surface area contributed by atoms with Crippen molar-refractivity contribution in [3.05, 3.63) is 29.3 Å². The maximum Gasteiger partial charge on any atom is 0.326 e. The number of piperidine rings is 1. The highest BCUT2D eigenvalue weighted by molar-refractivity contribution is 6.25. The quantitative estimate of drug-likeness (QED) is 0.430. The second-order valence-electron chi connectivity index (χ2n) is 7.66. The van der Waals surface area contributed by atoms with Crippen LogP contribution in [-0.4, -0.2) is 64.1 Å². The largest absolute Gasteiger partial charge is 0.480 e. The van der Waals surface area contributed by atoms with Crippen LogP contribution in [0.15, 0.2) is 18.2 Å². The summed E-state index contributed by atoms with van der Waals surface area (Å²) in [7, 11) is 0. The number of hydrogen-bond acceptors (Lipinski definition) is 7. The van der Waals surface area contributed by atoms with Gasteiger partial charge in [0.1, 0.15) is 12.1 Å². The molecule has 164 valence electrons. The Labute approximate surface area is 177 Å². The number of carboxylic acid groups (broad SMARTS) is 1. The summed E-state index contributed by atoms with van der Waals surface area (Å²) in [6.07, 6.45) is 0.0444. The molecule has 2 atom stereocenters. The number of carbonyl (C=O) groups is 6. The number of aliphatic carboxylic acids is 1. The van der Waals surface area contributed by atoms with Gasteiger partial charge in [0, 0.05) is 12.1 Å². The summed E-state index contributed by atoms with van der Waals surface area (Å²) in [5.41, 5.74) is 0.298. The molecule has 0 bridgehead atoms. The van der Waals surface area contributed by atoms with Gasteiger partial charge in [-0.25, -0.2) is 4.79 Å². The van der Waals surface area contributed by atoms with E-state index >= 15 is 0 Å². The molecule has 11 heteroatoms. The summed E-state index contributed by atoms with van der Waals surface area (Å²) < 4.78 is 0. The number of nitrogens with one attached hydrogen (secondary N) is 3. The zero-order chi connectivity index (χ0) is 22.9. The number of carbonyl (C=O) groups excluding carboxylic acids is 5. The molecule has 0 aliphatic carbocycles. The van der Waals surface area contributed by atoms with E-state index in [1.165, 1.54) is 18.2 Å². The number of fused-ring (bicyclic) bond motifs is 1. The van der Waals surface area contributed by atoms with Crippen LogP contribution in [0.25, 0.3) is 0 Å². The summed E-state index contributed by atoms with van der Waals surface area (Å²) in [6, 6.07) is 2.30. The fourth-order valence-corrected chi connectivity index (χ4v) is 3.58. The molecule has 0 aromatic heterocycles. The van der Waals surface area contributed by atoms with Gasteiger partial charge >= 0.3 is 5.97 Å². The lowest BCUT2D eigenvalue weighted by Crippen LogP contribution is -2.54. The first-order chi connectivity index (χ1) is 14.6. The minimum absolute atomic E-state index is 0.00961. The number of carboxylic acids is 1. The number of benzene rings is 1. The van der Waals surface area contributed by atoms with Gasteiger partial charge in [0.15, 0.2) is 0 Å². The van der Waals surface area contributed by atoms with E-state index in [1.807, 2.05) is 0 Å². The van der Waals surface area contributed by atoms with Crippen LogP contribution in [-0.2, 0) is 19.2 Å². The highest BCUT2D eigenvalue weighted by Crippen LogP contribution is 2.32. The Kier molecular flexibility index (Phi) is 6.04. The Bertz CT molecular complexity index is 988. The third-order valence-electron chi connectivity index (χ3n) is 5.16. The SMILES string of the molecule is CC(C)[C@H](NC(=O)CNc1cccc2c1C(=O)N(C1CCC(=O)NC1=O)C2=O)C(=O)O. The van der Waals surface area contributed by atoms with E-state index < -0.39 is 47.6 Å². The molecule has 0 spiro atoms. The molecule has 2 heterocycles. The molecule has 1 fully saturated rings. The lowest BCUT2D eigenvalue weighted by Gasteiger charge is -2.27. The Morgan fingerprint density at radius 2 is 1.90 bits per heavy atom. The molecule has 0 radical (unpaired) electrons. The van der Waals surface area contributed by atoms with Crippen molar-refractivity contribution in [1.29, 1.82) is 0 Å². The summed E-state index contributed by atoms with van der Waals surface area (Å²) in [4.78, 5) is 73.5. The lowest BCUT2D eigenvalue weighted by atomic mass is 10.0. The molecule has 11 nitrogen and oxygen atoms in total. The highest BCUT2D eigenvalue weighted by atomic mass is 16.4. The number of nitrogens with zero attached hydrogens (tertiary/aromatic N) is 1. The lowest BCUT2D eigenvalue weighted by molar-refractivity contribution is -0.142. The molecule has 4 N–H and O–H groups in total. The van der Waals surface area contributed by atoms with Gasteiger partial charge in [0.25, 0.3) is 11.8 Å². The van der Waals surface area contributed by atoms with Crippen LogP contribution >= 0.6 is 0 Å². The van der Waals surface area contributed by atoms with E-state index in [-0.39, 0.29) is 42.1 Å². The van der Waals surface area contributed by atoms with Gasteiger partial charge in [-0.1, -0.05) is 19.9 Å². The number of hydrogen-bond donors (Lipinski definition) is 4. The van der Waals surface area contributed by atoms with Crippen LogP contribution in [0.5, 0.6) is 0 Å². The number of imide groups is 2. The summed E-state index contributed by atoms with van der Waals surface area (Å²) in [5, 5.41) is 16.5. The molecule has 3 rings (SSSR count). The van der Waals surface area contributed by atoms with Crippen LogP contribution < -0.4 is 16.0 Å². The maximum atomic E-state index is 13.0. The number of rotatable bonds is 7. The zero-order valence-corrected chi connectivity index (χ0v) is 16.9. The van der Waals surface area contributed by atoms with Gasteiger partial charge in [0.2, 0.25) is 17.7 Å². The van der Waals surface area contributed by atoms with E-state index in [9.17, 15) is 33.9 Å². The Balaban J connectivity index is 1.76. The Morgan fingerprint density at radius 3 is 2.52 bits per heavy atom. The number of anilines is 1. The summed E-state index contributed by atoms with van der Waals surface area (Å²) in [5.74, 6) is -4.64. The van der Waals surface area contributed by atoms with Crippen LogP contribution in [0.4, 0.5) is 5.69 Å². The molecule has 1 aromatic carbocycles. The van der Waals surface area contributed by atoms with Gasteiger partial charge in [-0.2, -0.15) is 0 Å². The van der Waals surface area contributed by atoms with Crippen LogP contribution in [0.3, 0.4) is 0 Å². The molecular weight excluding hydrogens is 408 g/mol. The van der Waals surface area contributed by atoms with Crippen LogP contribution in [0.1, 0.15) is 47.4 Å². The van der Waals surface area contributed by atoms with Crippen molar-refractivity contribution in [3.63, 3.8) is 0 Å². The van der Waals surface area contributed by atoms with Crippen molar-refractivity contribution in [1.82, 2.24) is 15.5 Å². The van der Waals surface area contributed by atoms with Crippen LogP contribution in [0.2, 0.25) is 0 Å². The fraction of sp³-hybridized carbons (Fsp3) is 0.400. The van der Waals surface area contributed by atoms with Gasteiger partial charge < -0.3 is 15.7 Å². The molecule has 1 aromatic rings. The molecule has 1 unspecified atom stereocenters. The predicted octanol–water partition coefficient (Wildman–Crippen LogP) is -0.275. The molecule has 1 saturated heterocycles. The van der Waals surface area contributed by atoms with Crippen molar-refractivity contribution in [2.75, 3.05) is 11.9 Å². The monoisotopic (exact) mass is 430 g/mol. The predicted molar refractivity (Wildman–Crippen MR) is 106 cm³/mol. The van der Waals surface area contributed by atoms with Gasteiger partial charge in [-0.05, 0) is 24.5 Å². The van der Waals surface area contributed by atoms with Gasteiger partial charge in [-0.3, -0.25) is 34.2 Å². The normalized spacial score (nSPS) is 19.2. The Hall–Kier alpha value is -3.76. The molecular formula is C20H22N4O7. The minimum atomic E-state index is -1.16. The molecule has 0 saturated carbocycles. The van der Waals surface area contributed by atoms with Crippen molar-refractivity contribution in [2.24, 2.45) is 5.92 Å². The summed E-state index contributed by atoms with van der Waals surface area (Å²) >= 11 is 0. The van der Waals surface area contributed by atoms with E-state index in [4.69, 9.17) is 0 Å². The molecule has 5 amide bonds. The highest BCUT2D eigenvalue weighted by Gasteiger charge is 2.45. The van der Waals surface area contributed by atoms with Crippen molar-refractivity contribution < 1.29 is 33.9 Å². The summed E-state index contributed by atoms with van der Waals surface area (Å²) in [6.45, 7) is 2.99. The van der Waals surface area contributed by atoms with Gasteiger partial charge in [0.05, 0.1) is 17.7 Å². The maximum absolute atomic E-state index is 13.0. The van der Waals surface area contributed by atoms with E-state index in [2.05, 4.69) is 16.0 Å². The topological polar surface area (TPSA) is 162 Å². The number of amides is 5. The first kappa shape index (κ1) is 21.9. The van der Waals surface area contributed by atoms with Crippen molar-refractivity contribution in [2.45, 2.75) is 38.8 Å². The smallest absolute Gasteiger partial charge is 0.326 e. The molecule has 2 aliphatic rings. The van der Waals surface area contributed by atoms with E-state index in [1.54, 1.807) is 13.8 Å². The third-order valence-corrected chi connectivity index (χ3v) is 5.16. The second kappa shape index (κ2) is 8.54. The Morgan fingerprint density at radius 1 is 1.19 bits per heavy atom. The average molecular weight is 430 g/mol. The molecule has 2 aliphatic heterocycles. The van der Waals surface area contributed by atoms with Gasteiger partial charge in [-0.15, -0.1) is 0 Å². The standard InChI is InChI=1S/C20H22N4O7/c1-9(2)16(20(30)31)22-14(26)8-21-11-5-3-4-10-15(11)19(29)24(18(10)28)12-6-7-13(25)23-17(12)27/h3-5,9,12,16,21H,6-8H2,1-2H3,(H,22,26)(H,30,31)(H,23,25,27)/t12?,16-/m0/s1. The first-order valence-corrected chi connectivity index (χ1v) is 9.72. The van der Waals surface area contributed by atoms with Crippen molar-refractivity contribution >= 4 is 41.2 Å². The average Bonchev–Trinajstić information content (AvgIpc) is 2.95. The fourth-order valence-electron chi connectivity index (χ4n) is 3.58. The van der Waals surface area contributed by atoms with Crippen molar-refractivity contribution in [3.8, 4) is 0 Å².